The number of amides is 1. The minimum atomic E-state index is -3.58. The quantitative estimate of drug-likeness (QED) is 0.387. The Morgan fingerprint density at radius 1 is 0.872 bits per heavy atom. The summed E-state index contributed by atoms with van der Waals surface area (Å²) < 4.78 is 28.7. The fourth-order valence-electron chi connectivity index (χ4n) is 5.05. The maximum absolute atomic E-state index is 13.6. The molecule has 0 aromatic heterocycles. The fourth-order valence-corrected chi connectivity index (χ4v) is 6.71. The van der Waals surface area contributed by atoms with Crippen LogP contribution >= 0.6 is 0 Å². The van der Waals surface area contributed by atoms with E-state index >= 15 is 0 Å². The molecule has 1 atom stereocenters. The molecule has 0 bridgehead atoms. The number of para-hydroxylation sites is 1. The molecule has 1 aliphatic rings. The van der Waals surface area contributed by atoms with Crippen LogP contribution in [0.25, 0.3) is 0 Å². The summed E-state index contributed by atoms with van der Waals surface area (Å²) in [7, 11) is 0.416. The van der Waals surface area contributed by atoms with Gasteiger partial charge < -0.3 is 10.2 Å². The Bertz CT molecular complexity index is 1290. The molecule has 0 aliphatic carbocycles. The third-order valence-electron chi connectivity index (χ3n) is 7.34. The average molecular weight is 549 g/mol. The lowest BCUT2D eigenvalue weighted by Crippen LogP contribution is -2.51. The zero-order valence-corrected chi connectivity index (χ0v) is 24.0. The highest BCUT2D eigenvalue weighted by molar-refractivity contribution is 7.92. The van der Waals surface area contributed by atoms with E-state index in [1.165, 1.54) is 0 Å². The Labute approximate surface area is 233 Å². The summed E-state index contributed by atoms with van der Waals surface area (Å²) in [5, 5.41) is 3.20. The molecule has 1 fully saturated rings. The summed E-state index contributed by atoms with van der Waals surface area (Å²) in [6, 6.07) is 26.9. The van der Waals surface area contributed by atoms with E-state index in [2.05, 4.69) is 17.1 Å². The largest absolute Gasteiger partial charge is 0.378 e. The van der Waals surface area contributed by atoms with Crippen molar-refractivity contribution in [2.75, 3.05) is 42.9 Å². The molecule has 208 valence electrons. The molecule has 4 rings (SSSR count). The Morgan fingerprint density at radius 2 is 1.46 bits per heavy atom. The molecule has 1 amide bonds. The molecule has 8 heteroatoms. The van der Waals surface area contributed by atoms with E-state index < -0.39 is 10.0 Å². The van der Waals surface area contributed by atoms with Gasteiger partial charge in [-0.25, -0.2) is 8.42 Å². The van der Waals surface area contributed by atoms with E-state index in [0.717, 1.165) is 42.7 Å². The van der Waals surface area contributed by atoms with Crippen LogP contribution in [0.4, 0.5) is 11.4 Å². The second kappa shape index (κ2) is 13.1. The number of carbonyl (C=O) groups excluding carboxylic acids is 1. The molecule has 1 N–H and O–H groups in total. The predicted molar refractivity (Wildman–Crippen MR) is 160 cm³/mol. The number of likely N-dealkylation sites (tertiary alicyclic amines) is 1. The predicted octanol–water partition coefficient (Wildman–Crippen LogP) is 4.30. The van der Waals surface area contributed by atoms with Gasteiger partial charge in [-0.1, -0.05) is 60.7 Å². The summed E-state index contributed by atoms with van der Waals surface area (Å²) in [6.07, 6.45) is 2.06. The van der Waals surface area contributed by atoms with Crippen molar-refractivity contribution >= 4 is 27.3 Å². The molecule has 1 heterocycles. The van der Waals surface area contributed by atoms with Crippen molar-refractivity contribution in [3.8, 4) is 0 Å². The molecular weight excluding hydrogens is 508 g/mol. The summed E-state index contributed by atoms with van der Waals surface area (Å²) >= 11 is 0. The van der Waals surface area contributed by atoms with Crippen LogP contribution < -0.4 is 14.5 Å². The molecule has 7 nitrogen and oxygen atoms in total. The van der Waals surface area contributed by atoms with Gasteiger partial charge in [0.15, 0.2) is 0 Å². The summed E-state index contributed by atoms with van der Waals surface area (Å²) in [4.78, 5) is 17.0. The van der Waals surface area contributed by atoms with Gasteiger partial charge in [0.05, 0.1) is 17.9 Å². The normalized spacial score (nSPS) is 15.5. The zero-order chi connectivity index (χ0) is 27.8. The molecule has 1 saturated heterocycles. The van der Waals surface area contributed by atoms with Crippen molar-refractivity contribution in [3.05, 3.63) is 96.1 Å². The molecule has 0 unspecified atom stereocenters. The molecule has 0 saturated carbocycles. The van der Waals surface area contributed by atoms with E-state index in [1.54, 1.807) is 4.31 Å². The number of sulfonamides is 1. The van der Waals surface area contributed by atoms with E-state index in [1.807, 2.05) is 104 Å². The first-order chi connectivity index (χ1) is 18.7. The van der Waals surface area contributed by atoms with Crippen LogP contribution in [-0.2, 0) is 27.0 Å². The Hall–Kier alpha value is -3.36. The summed E-state index contributed by atoms with van der Waals surface area (Å²) in [6.45, 7) is 4.08. The first-order valence-electron chi connectivity index (χ1n) is 13.6. The van der Waals surface area contributed by atoms with Gasteiger partial charge in [-0.3, -0.25) is 14.0 Å². The SMILES string of the molecule is C[C@@H](CN(c1ccccc1)S(=O)(=O)Cc1ccccc1)N1CCC(NC(=O)Cc2ccc(N(C)C)cc2)CC1. The number of hydrogen-bond donors (Lipinski definition) is 1. The van der Waals surface area contributed by atoms with Crippen molar-refractivity contribution in [3.63, 3.8) is 0 Å². The third kappa shape index (κ3) is 8.07. The Balaban J connectivity index is 1.32. The molecule has 0 radical (unpaired) electrons. The van der Waals surface area contributed by atoms with Crippen LogP contribution in [0, 0.1) is 0 Å². The van der Waals surface area contributed by atoms with Gasteiger partial charge >= 0.3 is 0 Å². The second-order valence-electron chi connectivity index (χ2n) is 10.6. The number of piperidine rings is 1. The van der Waals surface area contributed by atoms with Crippen molar-refractivity contribution in [2.45, 2.75) is 44.0 Å². The van der Waals surface area contributed by atoms with Crippen molar-refractivity contribution in [2.24, 2.45) is 0 Å². The van der Waals surface area contributed by atoms with E-state index in [-0.39, 0.29) is 23.7 Å². The first kappa shape index (κ1) is 28.6. The van der Waals surface area contributed by atoms with Crippen LogP contribution in [0.5, 0.6) is 0 Å². The molecule has 1 aliphatic heterocycles. The van der Waals surface area contributed by atoms with Crippen LogP contribution in [0.15, 0.2) is 84.9 Å². The number of rotatable bonds is 11. The highest BCUT2D eigenvalue weighted by Gasteiger charge is 2.29. The topological polar surface area (TPSA) is 73.0 Å². The van der Waals surface area contributed by atoms with Crippen LogP contribution in [-0.4, -0.2) is 65.0 Å². The van der Waals surface area contributed by atoms with Gasteiger partial charge in [-0.05, 0) is 55.2 Å². The Kier molecular flexibility index (Phi) is 9.64. The third-order valence-corrected chi connectivity index (χ3v) is 9.07. The van der Waals surface area contributed by atoms with Crippen LogP contribution in [0.2, 0.25) is 0 Å². The highest BCUT2D eigenvalue weighted by atomic mass is 32.2. The molecule has 39 heavy (non-hydrogen) atoms. The number of hydrogen-bond acceptors (Lipinski definition) is 5. The van der Waals surface area contributed by atoms with Crippen molar-refractivity contribution in [1.82, 2.24) is 10.2 Å². The average Bonchev–Trinajstić information content (AvgIpc) is 2.93. The van der Waals surface area contributed by atoms with Gasteiger partial charge in [-0.15, -0.1) is 0 Å². The highest BCUT2D eigenvalue weighted by Crippen LogP contribution is 2.23. The lowest BCUT2D eigenvalue weighted by Gasteiger charge is -2.38. The number of carbonyl (C=O) groups is 1. The number of anilines is 2. The van der Waals surface area contributed by atoms with Gasteiger partial charge in [0.25, 0.3) is 0 Å². The Morgan fingerprint density at radius 3 is 2.05 bits per heavy atom. The van der Waals surface area contributed by atoms with Crippen LogP contribution in [0.3, 0.4) is 0 Å². The monoisotopic (exact) mass is 548 g/mol. The standard InChI is InChI=1S/C31H40N4O3S/c1-25(23-35(30-12-8-5-9-13-30)39(37,38)24-27-10-6-4-7-11-27)34-20-18-28(19-21-34)32-31(36)22-26-14-16-29(17-15-26)33(2)3/h4-17,25,28H,18-24H2,1-3H3,(H,32,36)/t25-/m0/s1. The zero-order valence-electron chi connectivity index (χ0n) is 23.2. The molecule has 3 aromatic carbocycles. The van der Waals surface area contributed by atoms with E-state index in [4.69, 9.17) is 0 Å². The second-order valence-corrected chi connectivity index (χ2v) is 12.5. The maximum Gasteiger partial charge on any atom is 0.239 e. The summed E-state index contributed by atoms with van der Waals surface area (Å²) in [5.74, 6) is 0.00268. The smallest absolute Gasteiger partial charge is 0.239 e. The van der Waals surface area contributed by atoms with Crippen molar-refractivity contribution in [1.29, 1.82) is 0 Å². The number of nitrogens with zero attached hydrogens (tertiary/aromatic N) is 3. The molecule has 0 spiro atoms. The van der Waals surface area contributed by atoms with Crippen LogP contribution in [0.1, 0.15) is 30.9 Å². The number of benzene rings is 3. The van der Waals surface area contributed by atoms with Gasteiger partial charge in [0.2, 0.25) is 15.9 Å². The molecular formula is C31H40N4O3S. The lowest BCUT2D eigenvalue weighted by molar-refractivity contribution is -0.121. The maximum atomic E-state index is 13.6. The van der Waals surface area contributed by atoms with E-state index in [0.29, 0.717) is 18.7 Å². The minimum absolute atomic E-state index is 0.0302. The van der Waals surface area contributed by atoms with Gasteiger partial charge in [-0.2, -0.15) is 0 Å². The number of nitrogens with one attached hydrogen (secondary N) is 1. The van der Waals surface area contributed by atoms with E-state index in [9.17, 15) is 13.2 Å². The summed E-state index contributed by atoms with van der Waals surface area (Å²) in [5.41, 5.74) is 3.57. The lowest BCUT2D eigenvalue weighted by atomic mass is 10.0. The van der Waals surface area contributed by atoms with Gasteiger partial charge in [0.1, 0.15) is 0 Å². The fraction of sp³-hybridized carbons (Fsp3) is 0.387. The van der Waals surface area contributed by atoms with Gasteiger partial charge in [0, 0.05) is 51.5 Å². The first-order valence-corrected chi connectivity index (χ1v) is 15.2. The minimum Gasteiger partial charge on any atom is -0.378 e. The van der Waals surface area contributed by atoms with Crippen molar-refractivity contribution < 1.29 is 13.2 Å². The molecule has 3 aromatic rings.